The molecule has 0 aliphatic heterocycles. The average molecular weight is 204 g/mol. The van der Waals surface area contributed by atoms with E-state index in [2.05, 4.69) is 16.8 Å². The van der Waals surface area contributed by atoms with Gasteiger partial charge in [0.1, 0.15) is 0 Å². The molecule has 1 aromatic heterocycles. The summed E-state index contributed by atoms with van der Waals surface area (Å²) < 4.78 is 0. The van der Waals surface area contributed by atoms with Crippen molar-refractivity contribution in [2.75, 3.05) is 0 Å². The van der Waals surface area contributed by atoms with Crippen molar-refractivity contribution in [3.8, 4) is 0 Å². The Bertz CT molecular complexity index is 218. The molecule has 0 unspecified atom stereocenters. The topological polar surface area (TPSA) is 26.0 Å². The van der Waals surface area contributed by atoms with Gasteiger partial charge >= 0.3 is 0 Å². The minimum Gasteiger partial charge on any atom is -0.324 e. The molecule has 2 N–H and O–H groups in total. The maximum Gasteiger partial charge on any atom is 0.0305 e. The summed E-state index contributed by atoms with van der Waals surface area (Å²) in [5.74, 6) is 0.935. The number of hydrogen-bond donors (Lipinski definition) is 1. The largest absolute Gasteiger partial charge is 0.324 e. The number of halogens is 1. The SMILES string of the molecule is Cl.N[C@@H](CC1CC1)c1ccsc1. The predicted molar refractivity (Wildman–Crippen MR) is 55.8 cm³/mol. The Balaban J connectivity index is 0.000000720. The van der Waals surface area contributed by atoms with Gasteiger partial charge in [0.15, 0.2) is 0 Å². The zero-order chi connectivity index (χ0) is 7.68. The van der Waals surface area contributed by atoms with Crippen molar-refractivity contribution in [1.82, 2.24) is 0 Å². The van der Waals surface area contributed by atoms with E-state index in [9.17, 15) is 0 Å². The lowest BCUT2D eigenvalue weighted by Crippen LogP contribution is -2.09. The molecule has 0 bridgehead atoms. The molecular formula is C9H14ClNS. The van der Waals surface area contributed by atoms with Crippen molar-refractivity contribution in [1.29, 1.82) is 0 Å². The van der Waals surface area contributed by atoms with E-state index in [0.29, 0.717) is 6.04 Å². The van der Waals surface area contributed by atoms with Gasteiger partial charge in [0, 0.05) is 6.04 Å². The van der Waals surface area contributed by atoms with Gasteiger partial charge in [-0.25, -0.2) is 0 Å². The van der Waals surface area contributed by atoms with Crippen LogP contribution >= 0.6 is 23.7 Å². The lowest BCUT2D eigenvalue weighted by atomic mass is 10.1. The molecule has 12 heavy (non-hydrogen) atoms. The van der Waals surface area contributed by atoms with Crippen LogP contribution in [-0.2, 0) is 0 Å². The quantitative estimate of drug-likeness (QED) is 0.803. The average Bonchev–Trinajstić information content (AvgIpc) is 2.67. The molecule has 68 valence electrons. The fourth-order valence-corrected chi connectivity index (χ4v) is 2.06. The molecule has 1 aliphatic carbocycles. The first kappa shape index (κ1) is 10.0. The highest BCUT2D eigenvalue weighted by Crippen LogP contribution is 2.36. The Morgan fingerprint density at radius 1 is 1.58 bits per heavy atom. The number of nitrogens with two attached hydrogens (primary N) is 1. The fraction of sp³-hybridized carbons (Fsp3) is 0.556. The van der Waals surface area contributed by atoms with Crippen LogP contribution in [-0.4, -0.2) is 0 Å². The molecule has 1 atom stereocenters. The molecule has 1 fully saturated rings. The number of rotatable bonds is 3. The fourth-order valence-electron chi connectivity index (χ4n) is 1.33. The molecule has 0 spiro atoms. The van der Waals surface area contributed by atoms with Crippen LogP contribution in [0.3, 0.4) is 0 Å². The summed E-state index contributed by atoms with van der Waals surface area (Å²) in [7, 11) is 0. The molecule has 2 rings (SSSR count). The van der Waals surface area contributed by atoms with Gasteiger partial charge < -0.3 is 5.73 Å². The van der Waals surface area contributed by atoms with E-state index in [1.807, 2.05) is 0 Å². The second kappa shape index (κ2) is 4.26. The standard InChI is InChI=1S/C9H13NS.ClH/c10-9(5-7-1-2-7)8-3-4-11-6-8;/h3-4,6-7,9H,1-2,5,10H2;1H/t9-;/m0./s1. The highest BCUT2D eigenvalue weighted by molar-refractivity contribution is 7.07. The molecule has 0 aromatic carbocycles. The maximum atomic E-state index is 5.99. The summed E-state index contributed by atoms with van der Waals surface area (Å²) in [5, 5.41) is 4.26. The highest BCUT2D eigenvalue weighted by Gasteiger charge is 2.24. The lowest BCUT2D eigenvalue weighted by molar-refractivity contribution is 0.598. The van der Waals surface area contributed by atoms with Crippen molar-refractivity contribution >= 4 is 23.7 Å². The summed E-state index contributed by atoms with van der Waals surface area (Å²) in [6, 6.07) is 2.44. The zero-order valence-electron chi connectivity index (χ0n) is 6.90. The van der Waals surface area contributed by atoms with Crippen LogP contribution in [0, 0.1) is 5.92 Å². The Labute approximate surface area is 83.4 Å². The normalized spacial score (nSPS) is 18.4. The van der Waals surface area contributed by atoms with Crippen molar-refractivity contribution in [2.45, 2.75) is 25.3 Å². The van der Waals surface area contributed by atoms with Crippen molar-refractivity contribution in [3.05, 3.63) is 22.4 Å². The predicted octanol–water partition coefficient (Wildman–Crippen LogP) is 2.97. The van der Waals surface area contributed by atoms with Crippen LogP contribution in [0.25, 0.3) is 0 Å². The second-order valence-electron chi connectivity index (χ2n) is 3.34. The Kier molecular flexibility index (Phi) is 3.56. The first-order valence-electron chi connectivity index (χ1n) is 4.14. The van der Waals surface area contributed by atoms with E-state index in [4.69, 9.17) is 5.73 Å². The van der Waals surface area contributed by atoms with Crippen LogP contribution in [0.1, 0.15) is 30.9 Å². The minimum atomic E-state index is 0. The Hall–Kier alpha value is -0.0500. The maximum absolute atomic E-state index is 5.99. The van der Waals surface area contributed by atoms with Gasteiger partial charge in [-0.2, -0.15) is 11.3 Å². The van der Waals surface area contributed by atoms with Gasteiger partial charge in [-0.05, 0) is 34.7 Å². The second-order valence-corrected chi connectivity index (χ2v) is 4.12. The molecule has 0 amide bonds. The summed E-state index contributed by atoms with van der Waals surface area (Å²) >= 11 is 1.74. The zero-order valence-corrected chi connectivity index (χ0v) is 8.53. The summed E-state index contributed by atoms with van der Waals surface area (Å²) in [4.78, 5) is 0. The monoisotopic (exact) mass is 203 g/mol. The molecule has 1 nitrogen and oxygen atoms in total. The Morgan fingerprint density at radius 2 is 2.33 bits per heavy atom. The van der Waals surface area contributed by atoms with E-state index in [0.717, 1.165) is 5.92 Å². The number of thiophene rings is 1. The molecule has 0 radical (unpaired) electrons. The van der Waals surface area contributed by atoms with Crippen LogP contribution in [0.15, 0.2) is 16.8 Å². The summed E-state index contributed by atoms with van der Waals surface area (Å²) in [6.07, 6.45) is 3.99. The van der Waals surface area contributed by atoms with E-state index >= 15 is 0 Å². The molecule has 1 aliphatic rings. The van der Waals surface area contributed by atoms with Gasteiger partial charge in [0.05, 0.1) is 0 Å². The molecule has 1 saturated carbocycles. The Morgan fingerprint density at radius 3 is 2.83 bits per heavy atom. The molecule has 3 heteroatoms. The molecule has 0 saturated heterocycles. The van der Waals surface area contributed by atoms with Crippen LogP contribution in [0.4, 0.5) is 0 Å². The van der Waals surface area contributed by atoms with Gasteiger partial charge in [-0.1, -0.05) is 12.8 Å². The van der Waals surface area contributed by atoms with Gasteiger partial charge in [-0.3, -0.25) is 0 Å². The summed E-state index contributed by atoms with van der Waals surface area (Å²) in [6.45, 7) is 0. The molecule has 1 heterocycles. The van der Waals surface area contributed by atoms with Crippen LogP contribution < -0.4 is 5.73 Å². The van der Waals surface area contributed by atoms with Gasteiger partial charge in [0.2, 0.25) is 0 Å². The van der Waals surface area contributed by atoms with Gasteiger partial charge in [0.25, 0.3) is 0 Å². The van der Waals surface area contributed by atoms with Crippen LogP contribution in [0.2, 0.25) is 0 Å². The van der Waals surface area contributed by atoms with Crippen molar-refractivity contribution in [3.63, 3.8) is 0 Å². The smallest absolute Gasteiger partial charge is 0.0305 e. The summed E-state index contributed by atoms with van der Waals surface area (Å²) in [5.41, 5.74) is 7.31. The third-order valence-electron chi connectivity index (χ3n) is 2.26. The first-order chi connectivity index (χ1) is 5.36. The molecular weight excluding hydrogens is 190 g/mol. The van der Waals surface area contributed by atoms with Crippen LogP contribution in [0.5, 0.6) is 0 Å². The number of hydrogen-bond acceptors (Lipinski definition) is 2. The van der Waals surface area contributed by atoms with E-state index in [1.165, 1.54) is 24.8 Å². The van der Waals surface area contributed by atoms with E-state index < -0.39 is 0 Å². The third-order valence-corrected chi connectivity index (χ3v) is 2.96. The first-order valence-corrected chi connectivity index (χ1v) is 5.08. The third kappa shape index (κ3) is 2.47. The lowest BCUT2D eigenvalue weighted by Gasteiger charge is -2.07. The van der Waals surface area contributed by atoms with Crippen molar-refractivity contribution < 1.29 is 0 Å². The molecule has 1 aromatic rings. The van der Waals surface area contributed by atoms with E-state index in [-0.39, 0.29) is 12.4 Å². The highest BCUT2D eigenvalue weighted by atomic mass is 35.5. The minimum absolute atomic E-state index is 0. The van der Waals surface area contributed by atoms with Crippen molar-refractivity contribution in [2.24, 2.45) is 11.7 Å². The van der Waals surface area contributed by atoms with Gasteiger partial charge in [-0.15, -0.1) is 12.4 Å². The van der Waals surface area contributed by atoms with E-state index in [1.54, 1.807) is 11.3 Å².